The average Bonchev–Trinajstić information content (AvgIpc) is 2.79. The summed E-state index contributed by atoms with van der Waals surface area (Å²) in [7, 11) is 0. The topological polar surface area (TPSA) is 72.7 Å². The van der Waals surface area contributed by atoms with E-state index in [2.05, 4.69) is 43.4 Å². The van der Waals surface area contributed by atoms with Crippen LogP contribution in [0.2, 0.25) is 0 Å². The van der Waals surface area contributed by atoms with E-state index in [1.54, 1.807) is 12.3 Å². The number of pyridine rings is 1. The van der Waals surface area contributed by atoms with E-state index in [1.807, 2.05) is 43.3 Å². The van der Waals surface area contributed by atoms with Crippen LogP contribution in [0.1, 0.15) is 61.2 Å². The smallest absolute Gasteiger partial charge is 0.276 e. The van der Waals surface area contributed by atoms with Gasteiger partial charge in [0.2, 0.25) is 0 Å². The number of carbonyl (C=O) groups is 1. The highest BCUT2D eigenvalue weighted by atomic mass is 16.5. The van der Waals surface area contributed by atoms with E-state index in [4.69, 9.17) is 4.74 Å². The zero-order valence-electron chi connectivity index (χ0n) is 19.7. The minimum absolute atomic E-state index is 0.0384. The Morgan fingerprint density at radius 2 is 1.79 bits per heavy atom. The molecule has 1 amide bonds. The molecule has 1 N–H and O–H groups in total. The van der Waals surface area contributed by atoms with Gasteiger partial charge >= 0.3 is 0 Å². The number of hydrazone groups is 1. The first-order valence-electron chi connectivity index (χ1n) is 11.1. The minimum Gasteiger partial charge on any atom is -0.493 e. The third kappa shape index (κ3) is 6.42. The molecule has 0 saturated heterocycles. The van der Waals surface area contributed by atoms with Gasteiger partial charge in [0.1, 0.15) is 11.3 Å². The van der Waals surface area contributed by atoms with Crippen LogP contribution in [-0.4, -0.2) is 23.3 Å². The molecule has 0 aliphatic heterocycles. The van der Waals surface area contributed by atoms with Crippen LogP contribution >= 0.6 is 0 Å². The fraction of sp³-hybridized carbons (Fsp3) is 0.296. The summed E-state index contributed by atoms with van der Waals surface area (Å²) < 4.78 is 7.21. The summed E-state index contributed by atoms with van der Waals surface area (Å²) in [5.74, 6) is 0.137. The number of hydrogen-bond acceptors (Lipinski definition) is 4. The lowest BCUT2D eigenvalue weighted by molar-refractivity contribution is 0.0953. The molecule has 0 saturated carbocycles. The zero-order valence-corrected chi connectivity index (χ0v) is 19.7. The van der Waals surface area contributed by atoms with Gasteiger partial charge in [-0.15, -0.1) is 0 Å². The molecule has 0 radical (unpaired) electrons. The number of ether oxygens (including phenoxy) is 1. The van der Waals surface area contributed by atoms with Crippen LogP contribution in [0.3, 0.4) is 0 Å². The molecule has 33 heavy (non-hydrogen) atoms. The molecule has 6 heteroatoms. The highest BCUT2D eigenvalue weighted by Crippen LogP contribution is 2.22. The minimum atomic E-state index is -0.555. The summed E-state index contributed by atoms with van der Waals surface area (Å²) in [5.41, 5.74) is 5.15. The Morgan fingerprint density at radius 3 is 2.48 bits per heavy atom. The molecule has 3 rings (SSSR count). The molecule has 0 spiro atoms. The molecule has 0 bridgehead atoms. The Balaban J connectivity index is 1.71. The lowest BCUT2D eigenvalue weighted by Crippen LogP contribution is -2.30. The summed E-state index contributed by atoms with van der Waals surface area (Å²) >= 11 is 0. The van der Waals surface area contributed by atoms with Crippen molar-refractivity contribution in [1.82, 2.24) is 9.99 Å². The fourth-order valence-electron chi connectivity index (χ4n) is 3.29. The average molecular weight is 446 g/mol. The Bertz CT molecular complexity index is 1170. The molecule has 0 aliphatic rings. The summed E-state index contributed by atoms with van der Waals surface area (Å²) in [4.78, 5) is 25.5. The predicted molar refractivity (Wildman–Crippen MR) is 132 cm³/mol. The number of hydrogen-bond donors (Lipinski definition) is 1. The van der Waals surface area contributed by atoms with E-state index < -0.39 is 5.91 Å². The molecule has 0 aliphatic carbocycles. The van der Waals surface area contributed by atoms with Crippen LogP contribution in [0, 0.1) is 0 Å². The lowest BCUT2D eigenvalue weighted by Gasteiger charge is -2.19. The lowest BCUT2D eigenvalue weighted by atomic mass is 9.87. The Labute approximate surface area is 194 Å². The van der Waals surface area contributed by atoms with Crippen LogP contribution in [-0.2, 0) is 12.0 Å². The van der Waals surface area contributed by atoms with Gasteiger partial charge in [-0.2, -0.15) is 5.10 Å². The van der Waals surface area contributed by atoms with Gasteiger partial charge in [0.15, 0.2) is 0 Å². The van der Waals surface area contributed by atoms with E-state index >= 15 is 0 Å². The summed E-state index contributed by atoms with van der Waals surface area (Å²) in [6, 6.07) is 18.8. The van der Waals surface area contributed by atoms with E-state index in [1.165, 1.54) is 22.4 Å². The van der Waals surface area contributed by atoms with E-state index in [0.29, 0.717) is 18.9 Å². The fourth-order valence-corrected chi connectivity index (χ4v) is 3.29. The van der Waals surface area contributed by atoms with Crippen molar-refractivity contribution in [3.63, 3.8) is 0 Å². The van der Waals surface area contributed by atoms with Gasteiger partial charge < -0.3 is 9.30 Å². The van der Waals surface area contributed by atoms with Crippen molar-refractivity contribution in [2.24, 2.45) is 5.10 Å². The van der Waals surface area contributed by atoms with Gasteiger partial charge in [-0.25, -0.2) is 5.43 Å². The quantitative estimate of drug-likeness (QED) is 0.402. The molecule has 6 nitrogen and oxygen atoms in total. The molecular weight excluding hydrogens is 414 g/mol. The maximum absolute atomic E-state index is 12.9. The van der Waals surface area contributed by atoms with E-state index in [9.17, 15) is 9.59 Å². The van der Waals surface area contributed by atoms with Crippen LogP contribution in [0.4, 0.5) is 0 Å². The number of para-hydroxylation sites is 1. The standard InChI is InChI=1S/C27H31N3O3/c1-5-17-33-24-11-7-6-9-21(24)18-28-29-25(31)23-10-8-16-30(26(23)32)19-20-12-14-22(15-13-20)27(2,3)4/h6-16,18H,5,17,19H2,1-4H3,(H,29,31)/b28-18-. The van der Waals surface area contributed by atoms with Gasteiger partial charge in [-0.1, -0.05) is 64.1 Å². The number of nitrogens with zero attached hydrogens (tertiary/aromatic N) is 2. The first kappa shape index (κ1) is 24.0. The number of benzene rings is 2. The number of rotatable bonds is 8. The maximum Gasteiger partial charge on any atom is 0.276 e. The van der Waals surface area contributed by atoms with Gasteiger partial charge in [0.05, 0.1) is 19.4 Å². The highest BCUT2D eigenvalue weighted by Gasteiger charge is 2.14. The molecule has 3 aromatic rings. The van der Waals surface area contributed by atoms with Crippen LogP contribution in [0.15, 0.2) is 76.8 Å². The second-order valence-electron chi connectivity index (χ2n) is 8.89. The Kier molecular flexibility index (Phi) is 7.83. The summed E-state index contributed by atoms with van der Waals surface area (Å²) in [6.45, 7) is 9.50. The van der Waals surface area contributed by atoms with Crippen molar-refractivity contribution in [3.8, 4) is 5.75 Å². The Morgan fingerprint density at radius 1 is 1.06 bits per heavy atom. The monoisotopic (exact) mass is 445 g/mol. The van der Waals surface area contributed by atoms with Crippen LogP contribution in [0.25, 0.3) is 0 Å². The first-order chi connectivity index (χ1) is 15.8. The third-order valence-electron chi connectivity index (χ3n) is 5.19. The normalized spacial score (nSPS) is 11.5. The van der Waals surface area contributed by atoms with Crippen LogP contribution in [0.5, 0.6) is 5.75 Å². The zero-order chi connectivity index (χ0) is 23.8. The summed E-state index contributed by atoms with van der Waals surface area (Å²) in [5, 5.41) is 4.02. The summed E-state index contributed by atoms with van der Waals surface area (Å²) in [6.07, 6.45) is 4.09. The van der Waals surface area contributed by atoms with Gasteiger partial charge in [-0.05, 0) is 47.2 Å². The Hall–Kier alpha value is -3.67. The number of nitrogens with one attached hydrogen (secondary N) is 1. The van der Waals surface area contributed by atoms with Gasteiger partial charge in [0, 0.05) is 11.8 Å². The molecule has 0 fully saturated rings. The number of amides is 1. The van der Waals surface area contributed by atoms with Gasteiger partial charge in [-0.3, -0.25) is 9.59 Å². The van der Waals surface area contributed by atoms with E-state index in [-0.39, 0.29) is 16.5 Å². The van der Waals surface area contributed by atoms with Crippen molar-refractivity contribution >= 4 is 12.1 Å². The number of carbonyl (C=O) groups excluding carboxylic acids is 1. The molecular formula is C27H31N3O3. The van der Waals surface area contributed by atoms with Crippen LogP contribution < -0.4 is 15.7 Å². The largest absolute Gasteiger partial charge is 0.493 e. The molecule has 1 aromatic heterocycles. The second kappa shape index (κ2) is 10.8. The van der Waals surface area contributed by atoms with Crippen molar-refractivity contribution in [3.05, 3.63) is 99.5 Å². The molecule has 172 valence electrons. The number of aromatic nitrogens is 1. The molecule has 0 unspecified atom stereocenters. The van der Waals surface area contributed by atoms with Crippen molar-refractivity contribution in [2.75, 3.05) is 6.61 Å². The first-order valence-corrected chi connectivity index (χ1v) is 11.1. The van der Waals surface area contributed by atoms with Gasteiger partial charge in [0.25, 0.3) is 11.5 Å². The molecule has 1 heterocycles. The highest BCUT2D eigenvalue weighted by molar-refractivity contribution is 5.94. The van der Waals surface area contributed by atoms with Crippen molar-refractivity contribution in [2.45, 2.75) is 46.1 Å². The van der Waals surface area contributed by atoms with Crippen molar-refractivity contribution < 1.29 is 9.53 Å². The second-order valence-corrected chi connectivity index (χ2v) is 8.89. The third-order valence-corrected chi connectivity index (χ3v) is 5.19. The molecule has 0 atom stereocenters. The van der Waals surface area contributed by atoms with E-state index in [0.717, 1.165) is 17.5 Å². The maximum atomic E-state index is 12.9. The SMILES string of the molecule is CCCOc1ccccc1/C=N\NC(=O)c1cccn(Cc2ccc(C(C)(C)C)cc2)c1=O. The van der Waals surface area contributed by atoms with Crippen molar-refractivity contribution in [1.29, 1.82) is 0 Å². The predicted octanol–water partition coefficient (Wildman–Crippen LogP) is 4.75. The molecule has 2 aromatic carbocycles.